The van der Waals surface area contributed by atoms with E-state index in [-0.39, 0.29) is 11.1 Å². The molecule has 2 aliphatic heterocycles. The van der Waals surface area contributed by atoms with Crippen LogP contribution in [0.4, 0.5) is 0 Å². The summed E-state index contributed by atoms with van der Waals surface area (Å²) in [6, 6.07) is 4.77. The Hall–Kier alpha value is -2.47. The molecule has 11 heteroatoms. The zero-order valence-corrected chi connectivity index (χ0v) is 22.5. The molecule has 0 aromatic carbocycles. The molecule has 0 aliphatic carbocycles. The Kier molecular flexibility index (Phi) is 10.3. The molecule has 2 fully saturated rings. The van der Waals surface area contributed by atoms with E-state index in [0.717, 1.165) is 37.8 Å². The van der Waals surface area contributed by atoms with Crippen LogP contribution in [-0.4, -0.2) is 85.7 Å². The fourth-order valence-electron chi connectivity index (χ4n) is 5.41. The van der Waals surface area contributed by atoms with E-state index in [1.165, 1.54) is 19.3 Å². The molecule has 37 heavy (non-hydrogen) atoms. The van der Waals surface area contributed by atoms with Gasteiger partial charge in [-0.1, -0.05) is 0 Å². The van der Waals surface area contributed by atoms with Crippen molar-refractivity contribution in [1.29, 1.82) is 0 Å². The number of aliphatic hydroxyl groups is 1. The highest BCUT2D eigenvalue weighted by Gasteiger charge is 2.41. The third-order valence-corrected chi connectivity index (χ3v) is 6.64. The van der Waals surface area contributed by atoms with E-state index in [1.54, 1.807) is 0 Å². The topological polar surface area (TPSA) is 170 Å². The number of aliphatic carboxylic acids is 3. The van der Waals surface area contributed by atoms with Gasteiger partial charge in [0, 0.05) is 30.3 Å². The number of piperidine rings is 1. The fraction of sp³-hybridized carbons (Fsp3) is 0.731. The summed E-state index contributed by atoms with van der Waals surface area (Å²) in [7, 11) is 0. The minimum Gasteiger partial charge on any atom is -0.481 e. The van der Waals surface area contributed by atoms with Crippen molar-refractivity contribution in [3.05, 3.63) is 23.7 Å². The Morgan fingerprint density at radius 1 is 1.05 bits per heavy atom. The number of hydrogen-bond donors (Lipinski definition) is 5. The molecule has 0 radical (unpaired) electrons. The molecule has 3 heterocycles. The maximum Gasteiger partial charge on any atom is 0.336 e. The first-order valence-electron chi connectivity index (χ1n) is 12.6. The standard InChI is InChI=1S/C20H34N2O2.C6H8O7/c1-15-6-7-18(24-15)13-22(12-16-8-9-23-14-16)17-10-19(2,3)21-20(4,5)11-17;7-3(8)1-6(13,5(11)12)2-4(9)10/h6-7,16-17,21H,8-14H2,1-5H3;13H,1-2H2,(H,7,8)(H,9,10)(H,11,12). The van der Waals surface area contributed by atoms with Gasteiger partial charge in [0.05, 0.1) is 26.0 Å². The Labute approximate surface area is 217 Å². The average molecular weight is 527 g/mol. The van der Waals surface area contributed by atoms with Crippen molar-refractivity contribution in [2.75, 3.05) is 19.8 Å². The number of carbonyl (C=O) groups is 3. The molecule has 11 nitrogen and oxygen atoms in total. The van der Waals surface area contributed by atoms with Crippen molar-refractivity contribution >= 4 is 17.9 Å². The third kappa shape index (κ3) is 10.1. The van der Waals surface area contributed by atoms with Crippen LogP contribution in [0.15, 0.2) is 16.5 Å². The number of ether oxygens (including phenoxy) is 1. The summed E-state index contributed by atoms with van der Waals surface area (Å²) in [5, 5.41) is 37.6. The molecule has 0 saturated carbocycles. The van der Waals surface area contributed by atoms with E-state index >= 15 is 0 Å². The molecule has 0 spiro atoms. The van der Waals surface area contributed by atoms with Gasteiger partial charge in [-0.05, 0) is 71.9 Å². The van der Waals surface area contributed by atoms with Crippen molar-refractivity contribution in [1.82, 2.24) is 10.2 Å². The van der Waals surface area contributed by atoms with E-state index in [2.05, 4.69) is 50.0 Å². The molecule has 210 valence electrons. The lowest BCUT2D eigenvalue weighted by Gasteiger charge is -2.50. The quantitative estimate of drug-likeness (QED) is 0.303. The van der Waals surface area contributed by atoms with Crippen molar-refractivity contribution < 1.29 is 44.0 Å². The summed E-state index contributed by atoms with van der Waals surface area (Å²) in [5.41, 5.74) is -2.41. The average Bonchev–Trinajstić information content (AvgIpc) is 3.36. The van der Waals surface area contributed by atoms with Gasteiger partial charge in [-0.25, -0.2) is 4.79 Å². The van der Waals surface area contributed by atoms with E-state index in [4.69, 9.17) is 29.6 Å². The van der Waals surface area contributed by atoms with Crippen molar-refractivity contribution in [2.24, 2.45) is 5.92 Å². The van der Waals surface area contributed by atoms with Crippen molar-refractivity contribution in [3.8, 4) is 0 Å². The second-order valence-electron chi connectivity index (χ2n) is 11.6. The molecular formula is C26H42N2O9. The van der Waals surface area contributed by atoms with Gasteiger partial charge in [0.1, 0.15) is 11.5 Å². The molecule has 2 saturated heterocycles. The Balaban J connectivity index is 0.000000317. The highest BCUT2D eigenvalue weighted by molar-refractivity contribution is 5.88. The lowest BCUT2D eigenvalue weighted by Crippen LogP contribution is -2.62. The number of aryl methyl sites for hydroxylation is 1. The van der Waals surface area contributed by atoms with Crippen molar-refractivity contribution in [3.63, 3.8) is 0 Å². The van der Waals surface area contributed by atoms with Gasteiger partial charge in [-0.2, -0.15) is 0 Å². The Morgan fingerprint density at radius 3 is 2.03 bits per heavy atom. The van der Waals surface area contributed by atoms with Gasteiger partial charge in [-0.15, -0.1) is 0 Å². The predicted octanol–water partition coefficient (Wildman–Crippen LogP) is 2.49. The highest BCUT2D eigenvalue weighted by Crippen LogP contribution is 2.33. The summed E-state index contributed by atoms with van der Waals surface area (Å²) in [6.45, 7) is 15.2. The number of hydrogen-bond acceptors (Lipinski definition) is 8. The number of carboxylic acids is 3. The van der Waals surface area contributed by atoms with Crippen LogP contribution in [0.25, 0.3) is 0 Å². The number of rotatable bonds is 10. The van der Waals surface area contributed by atoms with Crippen LogP contribution in [0.1, 0.15) is 71.3 Å². The van der Waals surface area contributed by atoms with Crippen LogP contribution >= 0.6 is 0 Å². The molecule has 1 atom stereocenters. The van der Waals surface area contributed by atoms with Crippen LogP contribution in [0.5, 0.6) is 0 Å². The SMILES string of the molecule is Cc1ccc(CN(CC2CCOC2)C2CC(C)(C)NC(C)(C)C2)o1.O=C(O)CC(O)(CC(=O)O)C(=O)O. The van der Waals surface area contributed by atoms with Gasteiger partial charge >= 0.3 is 17.9 Å². The molecule has 1 aromatic heterocycles. The molecule has 2 aliphatic rings. The number of nitrogens with zero attached hydrogens (tertiary/aromatic N) is 1. The second kappa shape index (κ2) is 12.4. The monoisotopic (exact) mass is 526 g/mol. The normalized spacial score (nSPS) is 21.3. The van der Waals surface area contributed by atoms with Crippen LogP contribution in [0.2, 0.25) is 0 Å². The maximum absolute atomic E-state index is 10.3. The lowest BCUT2D eigenvalue weighted by molar-refractivity contribution is -0.170. The summed E-state index contributed by atoms with van der Waals surface area (Å²) in [4.78, 5) is 33.1. The van der Waals surface area contributed by atoms with E-state index in [9.17, 15) is 14.4 Å². The first-order valence-corrected chi connectivity index (χ1v) is 12.6. The molecular weight excluding hydrogens is 484 g/mol. The smallest absolute Gasteiger partial charge is 0.336 e. The Bertz CT molecular complexity index is 902. The van der Waals surface area contributed by atoms with Gasteiger partial charge in [0.15, 0.2) is 5.60 Å². The second-order valence-corrected chi connectivity index (χ2v) is 11.6. The van der Waals surface area contributed by atoms with E-state index in [1.807, 2.05) is 6.92 Å². The fourth-order valence-corrected chi connectivity index (χ4v) is 5.41. The largest absolute Gasteiger partial charge is 0.481 e. The van der Waals surface area contributed by atoms with Crippen LogP contribution < -0.4 is 5.32 Å². The third-order valence-electron chi connectivity index (χ3n) is 6.64. The minimum absolute atomic E-state index is 0.163. The molecule has 1 aromatic rings. The molecule has 3 rings (SSSR count). The van der Waals surface area contributed by atoms with E-state index in [0.29, 0.717) is 12.0 Å². The molecule has 5 N–H and O–H groups in total. The zero-order valence-electron chi connectivity index (χ0n) is 22.5. The summed E-state index contributed by atoms with van der Waals surface area (Å²) in [5.74, 6) is -2.28. The summed E-state index contributed by atoms with van der Waals surface area (Å²) in [6.07, 6.45) is 1.24. The summed E-state index contributed by atoms with van der Waals surface area (Å²) < 4.78 is 11.5. The first-order chi connectivity index (χ1) is 17.0. The molecule has 0 amide bonds. The number of carboxylic acid groups (broad SMARTS) is 3. The highest BCUT2D eigenvalue weighted by atomic mass is 16.5. The van der Waals surface area contributed by atoms with Gasteiger partial charge in [0.25, 0.3) is 0 Å². The number of nitrogens with one attached hydrogen (secondary N) is 1. The van der Waals surface area contributed by atoms with Crippen LogP contribution in [0, 0.1) is 12.8 Å². The predicted molar refractivity (Wildman–Crippen MR) is 134 cm³/mol. The summed E-state index contributed by atoms with van der Waals surface area (Å²) >= 11 is 0. The molecule has 1 unspecified atom stereocenters. The maximum atomic E-state index is 10.3. The Morgan fingerprint density at radius 2 is 1.62 bits per heavy atom. The lowest BCUT2D eigenvalue weighted by atomic mass is 9.78. The van der Waals surface area contributed by atoms with Crippen molar-refractivity contribution in [2.45, 2.75) is 96.0 Å². The minimum atomic E-state index is -2.74. The van der Waals surface area contributed by atoms with Crippen LogP contribution in [0.3, 0.4) is 0 Å². The molecule has 0 bridgehead atoms. The number of furan rings is 1. The zero-order chi connectivity index (χ0) is 28.0. The van der Waals surface area contributed by atoms with Gasteiger partial charge < -0.3 is 34.9 Å². The van der Waals surface area contributed by atoms with Crippen LogP contribution in [-0.2, 0) is 25.7 Å². The van der Waals surface area contributed by atoms with E-state index < -0.39 is 36.4 Å². The van der Waals surface area contributed by atoms with Gasteiger partial charge in [-0.3, -0.25) is 14.5 Å². The van der Waals surface area contributed by atoms with Gasteiger partial charge in [0.2, 0.25) is 0 Å². The first kappa shape index (κ1) is 30.8.